The van der Waals surface area contributed by atoms with Gasteiger partial charge in [-0.3, -0.25) is 4.79 Å². The lowest BCUT2D eigenvalue weighted by Crippen LogP contribution is -2.29. The van der Waals surface area contributed by atoms with Crippen molar-refractivity contribution in [3.05, 3.63) is 0 Å². The molecule has 0 radical (unpaired) electrons. The molecule has 1 fully saturated rings. The molecule has 64 valence electrons. The van der Waals surface area contributed by atoms with E-state index in [9.17, 15) is 4.79 Å². The average Bonchev–Trinajstić information content (AvgIpc) is 2.05. The van der Waals surface area contributed by atoms with Gasteiger partial charge in [0.25, 0.3) is 0 Å². The maximum absolute atomic E-state index is 11.2. The first-order chi connectivity index (χ1) is 5.11. The summed E-state index contributed by atoms with van der Waals surface area (Å²) in [5.74, 6) is 1.73. The molecule has 11 heavy (non-hydrogen) atoms. The van der Waals surface area contributed by atoms with Gasteiger partial charge < -0.3 is 5.32 Å². The Bertz CT molecular complexity index is 156. The molecule has 0 bridgehead atoms. The molecule has 0 aromatic carbocycles. The van der Waals surface area contributed by atoms with Gasteiger partial charge in [-0.15, -0.1) is 0 Å². The fourth-order valence-corrected chi connectivity index (χ4v) is 1.53. The number of carbonyl (C=O) groups excluding carboxylic acids is 1. The molecule has 1 saturated heterocycles. The molecule has 0 aromatic rings. The van der Waals surface area contributed by atoms with Gasteiger partial charge in [-0.1, -0.05) is 20.8 Å². The van der Waals surface area contributed by atoms with Crippen molar-refractivity contribution >= 4 is 5.91 Å². The van der Waals surface area contributed by atoms with Crippen LogP contribution in [0.25, 0.3) is 0 Å². The molecular weight excluding hydrogens is 138 g/mol. The molecule has 0 aliphatic carbocycles. The number of rotatable bonds is 0. The molecule has 2 unspecified atom stereocenters. The summed E-state index contributed by atoms with van der Waals surface area (Å²) in [6.45, 7) is 7.28. The highest BCUT2D eigenvalue weighted by molar-refractivity contribution is 5.78. The van der Waals surface area contributed by atoms with Crippen LogP contribution in [0, 0.1) is 17.8 Å². The van der Waals surface area contributed by atoms with E-state index in [4.69, 9.17) is 0 Å². The average molecular weight is 155 g/mol. The van der Waals surface area contributed by atoms with Crippen molar-refractivity contribution < 1.29 is 4.79 Å². The van der Waals surface area contributed by atoms with Gasteiger partial charge in [0.1, 0.15) is 0 Å². The van der Waals surface area contributed by atoms with E-state index >= 15 is 0 Å². The van der Waals surface area contributed by atoms with Crippen LogP contribution in [-0.4, -0.2) is 12.5 Å². The first kappa shape index (κ1) is 8.57. The largest absolute Gasteiger partial charge is 0.356 e. The molecule has 1 aliphatic heterocycles. The molecule has 3 atom stereocenters. The van der Waals surface area contributed by atoms with Gasteiger partial charge in [0.2, 0.25) is 5.91 Å². The van der Waals surface area contributed by atoms with Crippen LogP contribution in [0.15, 0.2) is 0 Å². The van der Waals surface area contributed by atoms with Gasteiger partial charge in [-0.05, 0) is 18.3 Å². The summed E-state index contributed by atoms with van der Waals surface area (Å²) < 4.78 is 0. The quantitative estimate of drug-likeness (QED) is 0.563. The molecule has 0 aromatic heterocycles. The summed E-state index contributed by atoms with van der Waals surface area (Å²) in [6.07, 6.45) is 1.03. The summed E-state index contributed by atoms with van der Waals surface area (Å²) in [5, 5.41) is 2.94. The Morgan fingerprint density at radius 3 is 2.55 bits per heavy atom. The Kier molecular flexibility index (Phi) is 2.53. The molecule has 0 saturated carbocycles. The van der Waals surface area contributed by atoms with Gasteiger partial charge in [0.15, 0.2) is 0 Å². The van der Waals surface area contributed by atoms with Crippen molar-refractivity contribution in [1.29, 1.82) is 0 Å². The third-order valence-electron chi connectivity index (χ3n) is 2.74. The van der Waals surface area contributed by atoms with Crippen LogP contribution >= 0.6 is 0 Å². The first-order valence-corrected chi connectivity index (χ1v) is 4.39. The lowest BCUT2D eigenvalue weighted by Gasteiger charge is -2.15. The van der Waals surface area contributed by atoms with Crippen molar-refractivity contribution in [2.45, 2.75) is 27.2 Å². The van der Waals surface area contributed by atoms with Crippen LogP contribution in [0.1, 0.15) is 27.2 Å². The SMILES string of the molecule is CC1CNC(=O)[C@@H](C)CC1C. The summed E-state index contributed by atoms with van der Waals surface area (Å²) in [4.78, 5) is 11.2. The van der Waals surface area contributed by atoms with Gasteiger partial charge >= 0.3 is 0 Å². The molecule has 1 heterocycles. The maximum Gasteiger partial charge on any atom is 0.222 e. The minimum absolute atomic E-state index is 0.204. The van der Waals surface area contributed by atoms with E-state index in [2.05, 4.69) is 19.2 Å². The molecule has 2 heteroatoms. The van der Waals surface area contributed by atoms with Crippen molar-refractivity contribution in [2.75, 3.05) is 6.54 Å². The van der Waals surface area contributed by atoms with E-state index in [1.165, 1.54) is 0 Å². The Morgan fingerprint density at radius 2 is 1.91 bits per heavy atom. The highest BCUT2D eigenvalue weighted by Crippen LogP contribution is 2.22. The first-order valence-electron chi connectivity index (χ1n) is 4.39. The van der Waals surface area contributed by atoms with Gasteiger partial charge in [0.05, 0.1) is 0 Å². The molecular formula is C9H17NO. The van der Waals surface area contributed by atoms with E-state index in [0.29, 0.717) is 11.8 Å². The topological polar surface area (TPSA) is 29.1 Å². The van der Waals surface area contributed by atoms with E-state index in [1.54, 1.807) is 0 Å². The molecule has 1 aliphatic rings. The van der Waals surface area contributed by atoms with Gasteiger partial charge in [-0.2, -0.15) is 0 Å². The maximum atomic E-state index is 11.2. The van der Waals surface area contributed by atoms with Crippen LogP contribution in [0.2, 0.25) is 0 Å². The minimum Gasteiger partial charge on any atom is -0.356 e. The highest BCUT2D eigenvalue weighted by atomic mass is 16.1. The molecule has 0 spiro atoms. The monoisotopic (exact) mass is 155 g/mol. The van der Waals surface area contributed by atoms with Crippen molar-refractivity contribution in [1.82, 2.24) is 5.32 Å². The summed E-state index contributed by atoms with van der Waals surface area (Å²) in [5.41, 5.74) is 0. The smallest absolute Gasteiger partial charge is 0.222 e. The number of nitrogens with one attached hydrogen (secondary N) is 1. The minimum atomic E-state index is 0.204. The Balaban J connectivity index is 2.58. The fraction of sp³-hybridized carbons (Fsp3) is 0.889. The molecule has 1 rings (SSSR count). The van der Waals surface area contributed by atoms with E-state index in [0.717, 1.165) is 13.0 Å². The Labute approximate surface area is 68.4 Å². The summed E-state index contributed by atoms with van der Waals surface area (Å²) >= 11 is 0. The zero-order chi connectivity index (χ0) is 8.43. The molecule has 1 amide bonds. The molecule has 1 N–H and O–H groups in total. The van der Waals surface area contributed by atoms with E-state index in [1.807, 2.05) is 6.92 Å². The predicted octanol–water partition coefficient (Wildman–Crippen LogP) is 1.41. The van der Waals surface area contributed by atoms with Crippen LogP contribution in [0.5, 0.6) is 0 Å². The van der Waals surface area contributed by atoms with Crippen molar-refractivity contribution in [3.8, 4) is 0 Å². The van der Waals surface area contributed by atoms with Crippen LogP contribution in [0.3, 0.4) is 0 Å². The van der Waals surface area contributed by atoms with Crippen molar-refractivity contribution in [3.63, 3.8) is 0 Å². The fourth-order valence-electron chi connectivity index (χ4n) is 1.53. The third kappa shape index (κ3) is 1.95. The van der Waals surface area contributed by atoms with E-state index < -0.39 is 0 Å². The zero-order valence-corrected chi connectivity index (χ0v) is 7.55. The summed E-state index contributed by atoms with van der Waals surface area (Å²) in [6, 6.07) is 0. The molecule has 2 nitrogen and oxygen atoms in total. The van der Waals surface area contributed by atoms with Crippen LogP contribution < -0.4 is 5.32 Å². The Hall–Kier alpha value is -0.530. The second-order valence-electron chi connectivity index (χ2n) is 3.84. The number of hydrogen-bond acceptors (Lipinski definition) is 1. The second kappa shape index (κ2) is 3.24. The van der Waals surface area contributed by atoms with Gasteiger partial charge in [0, 0.05) is 12.5 Å². The predicted molar refractivity (Wildman–Crippen MR) is 45.1 cm³/mol. The normalized spacial score (nSPS) is 39.5. The lowest BCUT2D eigenvalue weighted by molar-refractivity contribution is -0.124. The van der Waals surface area contributed by atoms with Crippen molar-refractivity contribution in [2.24, 2.45) is 17.8 Å². The standard InChI is InChI=1S/C9H17NO/c1-6-4-7(2)9(11)10-5-8(6)3/h6-8H,4-5H2,1-3H3,(H,10,11)/t6?,7-,8?/m0/s1. The number of amides is 1. The highest BCUT2D eigenvalue weighted by Gasteiger charge is 2.24. The Morgan fingerprint density at radius 1 is 1.27 bits per heavy atom. The van der Waals surface area contributed by atoms with E-state index in [-0.39, 0.29) is 11.8 Å². The second-order valence-corrected chi connectivity index (χ2v) is 3.84. The van der Waals surface area contributed by atoms with Gasteiger partial charge in [-0.25, -0.2) is 0 Å². The number of hydrogen-bond donors (Lipinski definition) is 1. The zero-order valence-electron chi connectivity index (χ0n) is 7.55. The summed E-state index contributed by atoms with van der Waals surface area (Å²) in [7, 11) is 0. The number of carbonyl (C=O) groups is 1. The van der Waals surface area contributed by atoms with Crippen LogP contribution in [-0.2, 0) is 4.79 Å². The third-order valence-corrected chi connectivity index (χ3v) is 2.74. The van der Waals surface area contributed by atoms with Crippen LogP contribution in [0.4, 0.5) is 0 Å². The lowest BCUT2D eigenvalue weighted by atomic mass is 9.89.